The Labute approximate surface area is 100 Å². The number of aliphatic hydroxyl groups is 1. The molecule has 1 aromatic rings. The molecule has 1 unspecified atom stereocenters. The highest BCUT2D eigenvalue weighted by Gasteiger charge is 2.32. The molecule has 0 aromatic heterocycles. The van der Waals surface area contributed by atoms with E-state index >= 15 is 0 Å². The van der Waals surface area contributed by atoms with Gasteiger partial charge >= 0.3 is 0 Å². The van der Waals surface area contributed by atoms with Crippen LogP contribution in [0.3, 0.4) is 0 Å². The Bertz CT molecular complexity index is 403. The largest absolute Gasteiger partial charge is 0.385 e. The minimum absolute atomic E-state index is 0.0773. The Hall–Kier alpha value is -1.00. The van der Waals surface area contributed by atoms with Gasteiger partial charge in [-0.3, -0.25) is 0 Å². The van der Waals surface area contributed by atoms with Crippen LogP contribution in [0.1, 0.15) is 38.0 Å². The fourth-order valence-electron chi connectivity index (χ4n) is 1.70. The lowest BCUT2D eigenvalue weighted by atomic mass is 9.93. The van der Waals surface area contributed by atoms with E-state index in [-0.39, 0.29) is 11.1 Å². The van der Waals surface area contributed by atoms with E-state index in [0.29, 0.717) is 6.61 Å². The molecule has 0 heterocycles. The molecule has 2 nitrogen and oxygen atoms in total. The first kappa shape index (κ1) is 14.1. The normalized spacial score (nSPS) is 13.8. The predicted molar refractivity (Wildman–Crippen MR) is 61.8 cm³/mol. The summed E-state index contributed by atoms with van der Waals surface area (Å²) in [6.45, 7) is 6.92. The van der Waals surface area contributed by atoms with Crippen molar-refractivity contribution in [3.63, 3.8) is 0 Å². The van der Waals surface area contributed by atoms with Gasteiger partial charge in [0.2, 0.25) is 0 Å². The van der Waals surface area contributed by atoms with Crippen molar-refractivity contribution < 1.29 is 18.6 Å². The molecular formula is C13H18F2O2. The topological polar surface area (TPSA) is 29.5 Å². The molecule has 1 rings (SSSR count). The molecule has 0 radical (unpaired) electrons. The number of ether oxygens (including phenoxy) is 1. The third-order valence-corrected chi connectivity index (χ3v) is 2.77. The van der Waals surface area contributed by atoms with Crippen LogP contribution in [0, 0.1) is 18.6 Å². The van der Waals surface area contributed by atoms with Crippen LogP contribution in [-0.4, -0.2) is 17.3 Å². The quantitative estimate of drug-likeness (QED) is 0.881. The van der Waals surface area contributed by atoms with Crippen LogP contribution >= 0.6 is 0 Å². The Morgan fingerprint density at radius 3 is 2.41 bits per heavy atom. The van der Waals surface area contributed by atoms with E-state index in [0.717, 1.165) is 0 Å². The molecule has 0 aliphatic rings. The lowest BCUT2D eigenvalue weighted by Gasteiger charge is -2.30. The van der Waals surface area contributed by atoms with E-state index in [1.54, 1.807) is 20.8 Å². The van der Waals surface area contributed by atoms with Crippen LogP contribution in [0.25, 0.3) is 0 Å². The van der Waals surface area contributed by atoms with Crippen molar-refractivity contribution in [3.8, 4) is 0 Å². The van der Waals surface area contributed by atoms with Gasteiger partial charge in [0.05, 0.1) is 5.60 Å². The first-order chi connectivity index (χ1) is 7.81. The van der Waals surface area contributed by atoms with E-state index in [2.05, 4.69) is 0 Å². The molecule has 0 fully saturated rings. The van der Waals surface area contributed by atoms with Crippen LogP contribution in [0.5, 0.6) is 0 Å². The fourth-order valence-corrected chi connectivity index (χ4v) is 1.70. The molecule has 0 saturated heterocycles. The zero-order valence-electron chi connectivity index (χ0n) is 10.6. The van der Waals surface area contributed by atoms with Gasteiger partial charge in [-0.05, 0) is 33.3 Å². The number of halogens is 2. The molecule has 0 aliphatic heterocycles. The number of hydrogen-bond donors (Lipinski definition) is 1. The summed E-state index contributed by atoms with van der Waals surface area (Å²) in [5, 5.41) is 10.0. The third-order valence-electron chi connectivity index (χ3n) is 2.77. The van der Waals surface area contributed by atoms with Crippen LogP contribution in [0.4, 0.5) is 8.78 Å². The lowest BCUT2D eigenvalue weighted by Crippen LogP contribution is -2.33. The molecule has 1 aromatic carbocycles. The Kier molecular flexibility index (Phi) is 4.22. The van der Waals surface area contributed by atoms with Gasteiger partial charge in [0.25, 0.3) is 0 Å². The molecule has 0 aliphatic carbocycles. The molecule has 1 atom stereocenters. The van der Waals surface area contributed by atoms with E-state index in [4.69, 9.17) is 4.74 Å². The van der Waals surface area contributed by atoms with E-state index in [1.165, 1.54) is 19.1 Å². The highest BCUT2D eigenvalue weighted by atomic mass is 19.2. The molecule has 17 heavy (non-hydrogen) atoms. The monoisotopic (exact) mass is 244 g/mol. The zero-order valence-corrected chi connectivity index (χ0v) is 10.6. The van der Waals surface area contributed by atoms with Gasteiger partial charge in [0, 0.05) is 12.2 Å². The maximum atomic E-state index is 13.7. The third kappa shape index (κ3) is 2.82. The summed E-state index contributed by atoms with van der Waals surface area (Å²) in [4.78, 5) is 0. The zero-order chi connectivity index (χ0) is 13.2. The molecule has 1 N–H and O–H groups in total. The average molecular weight is 244 g/mol. The average Bonchev–Trinajstić information content (AvgIpc) is 2.25. The number of benzene rings is 1. The number of aryl methyl sites for hydroxylation is 1. The molecule has 0 saturated carbocycles. The molecule has 0 bridgehead atoms. The van der Waals surface area contributed by atoms with Gasteiger partial charge in [-0.15, -0.1) is 0 Å². The molecule has 4 heteroatoms. The van der Waals surface area contributed by atoms with E-state index < -0.39 is 23.3 Å². The van der Waals surface area contributed by atoms with Crippen molar-refractivity contribution in [3.05, 3.63) is 34.9 Å². The maximum Gasteiger partial charge on any atom is 0.164 e. The maximum absolute atomic E-state index is 13.7. The first-order valence-corrected chi connectivity index (χ1v) is 5.57. The van der Waals surface area contributed by atoms with Gasteiger partial charge in [0.1, 0.15) is 6.10 Å². The van der Waals surface area contributed by atoms with Gasteiger partial charge in [-0.25, -0.2) is 8.78 Å². The van der Waals surface area contributed by atoms with Crippen molar-refractivity contribution in [2.75, 3.05) is 6.61 Å². The predicted octanol–water partition coefficient (Wildman–Crippen LogP) is 3.12. The smallest absolute Gasteiger partial charge is 0.164 e. The number of hydrogen-bond acceptors (Lipinski definition) is 2. The van der Waals surface area contributed by atoms with Crippen LogP contribution in [0.15, 0.2) is 12.1 Å². The molecule has 0 spiro atoms. The van der Waals surface area contributed by atoms with E-state index in [9.17, 15) is 13.9 Å². The molecule has 0 amide bonds. The lowest BCUT2D eigenvalue weighted by molar-refractivity contribution is -0.0995. The first-order valence-electron chi connectivity index (χ1n) is 5.57. The second kappa shape index (κ2) is 5.10. The van der Waals surface area contributed by atoms with Gasteiger partial charge in [0.15, 0.2) is 11.6 Å². The van der Waals surface area contributed by atoms with Crippen LogP contribution < -0.4 is 0 Å². The summed E-state index contributed by atoms with van der Waals surface area (Å²) in [6, 6.07) is 2.83. The number of rotatable bonds is 4. The highest BCUT2D eigenvalue weighted by molar-refractivity contribution is 5.28. The van der Waals surface area contributed by atoms with Gasteiger partial charge in [-0.2, -0.15) is 0 Å². The molecular weight excluding hydrogens is 226 g/mol. The highest BCUT2D eigenvalue weighted by Crippen LogP contribution is 2.31. The van der Waals surface area contributed by atoms with Crippen LogP contribution in [-0.2, 0) is 4.74 Å². The van der Waals surface area contributed by atoms with Crippen molar-refractivity contribution in [2.45, 2.75) is 39.4 Å². The fraction of sp³-hybridized carbons (Fsp3) is 0.538. The van der Waals surface area contributed by atoms with Crippen molar-refractivity contribution in [2.24, 2.45) is 0 Å². The second-order valence-electron chi connectivity index (χ2n) is 4.54. The number of aliphatic hydroxyl groups excluding tert-OH is 1. The Morgan fingerprint density at radius 2 is 1.88 bits per heavy atom. The standard InChI is InChI=1S/C13H18F2O2/c1-5-17-13(3,4)12(16)9-7-6-8(2)10(14)11(9)15/h6-7,12,16H,5H2,1-4H3. The summed E-state index contributed by atoms with van der Waals surface area (Å²) in [5.74, 6) is -1.93. The SMILES string of the molecule is CCOC(C)(C)C(O)c1ccc(C)c(F)c1F. The van der Waals surface area contributed by atoms with Crippen molar-refractivity contribution >= 4 is 0 Å². The summed E-state index contributed by atoms with van der Waals surface area (Å²) in [6.07, 6.45) is -1.21. The summed E-state index contributed by atoms with van der Waals surface area (Å²) in [5.41, 5.74) is -0.823. The summed E-state index contributed by atoms with van der Waals surface area (Å²) >= 11 is 0. The molecule has 96 valence electrons. The minimum atomic E-state index is -1.21. The van der Waals surface area contributed by atoms with E-state index in [1.807, 2.05) is 0 Å². The summed E-state index contributed by atoms with van der Waals surface area (Å²) in [7, 11) is 0. The van der Waals surface area contributed by atoms with Gasteiger partial charge in [-0.1, -0.05) is 12.1 Å². The second-order valence-corrected chi connectivity index (χ2v) is 4.54. The Balaban J connectivity index is 3.13. The minimum Gasteiger partial charge on any atom is -0.385 e. The van der Waals surface area contributed by atoms with Crippen LogP contribution in [0.2, 0.25) is 0 Å². The van der Waals surface area contributed by atoms with Gasteiger partial charge < -0.3 is 9.84 Å². The summed E-state index contributed by atoms with van der Waals surface area (Å²) < 4.78 is 32.4. The Morgan fingerprint density at radius 1 is 1.29 bits per heavy atom. The van der Waals surface area contributed by atoms with Crippen molar-refractivity contribution in [1.29, 1.82) is 0 Å². The van der Waals surface area contributed by atoms with Crippen molar-refractivity contribution in [1.82, 2.24) is 0 Å².